The zero-order valence-electron chi connectivity index (χ0n) is 18.9. The van der Waals surface area contributed by atoms with Gasteiger partial charge in [-0.3, -0.25) is 13.9 Å². The standard InChI is InChI=1S/C24H31N3O4S/c1-4-26(5-2)23(28)19-14-16-27(17-15-19)24(29)20-10-9-13-22(18-20)32(30,31)25(3)21-11-7-6-8-12-21/h6-13,18-19H,4-5,14-17H2,1-3H3. The maximum absolute atomic E-state index is 13.1. The molecule has 0 radical (unpaired) electrons. The van der Waals surface area contributed by atoms with E-state index in [1.165, 1.54) is 23.5 Å². The normalized spacial score (nSPS) is 14.8. The van der Waals surface area contributed by atoms with E-state index in [0.717, 1.165) is 0 Å². The summed E-state index contributed by atoms with van der Waals surface area (Å²) < 4.78 is 27.4. The Kier molecular flexibility index (Phi) is 7.56. The number of piperidine rings is 1. The number of carbonyl (C=O) groups excluding carboxylic acids is 2. The first-order valence-corrected chi connectivity index (χ1v) is 12.5. The molecule has 1 saturated heterocycles. The fourth-order valence-corrected chi connectivity index (χ4v) is 5.27. The molecule has 0 N–H and O–H groups in total. The lowest BCUT2D eigenvalue weighted by atomic mass is 9.94. The van der Waals surface area contributed by atoms with E-state index in [0.29, 0.717) is 50.3 Å². The van der Waals surface area contributed by atoms with E-state index in [2.05, 4.69) is 0 Å². The van der Waals surface area contributed by atoms with Crippen LogP contribution in [0, 0.1) is 5.92 Å². The Labute approximate surface area is 190 Å². The Hall–Kier alpha value is -2.87. The predicted molar refractivity (Wildman–Crippen MR) is 125 cm³/mol. The molecule has 2 aromatic carbocycles. The fraction of sp³-hybridized carbons (Fsp3) is 0.417. The summed E-state index contributed by atoms with van der Waals surface area (Å²) in [5.41, 5.74) is 0.880. The number of rotatable bonds is 7. The third-order valence-electron chi connectivity index (χ3n) is 6.07. The minimum Gasteiger partial charge on any atom is -0.343 e. The van der Waals surface area contributed by atoms with Crippen molar-refractivity contribution < 1.29 is 18.0 Å². The average molecular weight is 458 g/mol. The molecular formula is C24H31N3O4S. The molecule has 2 aromatic rings. The van der Waals surface area contributed by atoms with E-state index in [-0.39, 0.29) is 22.6 Å². The van der Waals surface area contributed by atoms with Gasteiger partial charge in [-0.15, -0.1) is 0 Å². The SMILES string of the molecule is CCN(CC)C(=O)C1CCN(C(=O)c2cccc(S(=O)(=O)N(C)c3ccccc3)c2)CC1. The summed E-state index contributed by atoms with van der Waals surface area (Å²) in [4.78, 5) is 29.3. The van der Waals surface area contributed by atoms with E-state index in [1.54, 1.807) is 41.3 Å². The molecule has 0 unspecified atom stereocenters. The molecule has 0 aromatic heterocycles. The van der Waals surface area contributed by atoms with Crippen LogP contribution in [0.15, 0.2) is 59.5 Å². The predicted octanol–water partition coefficient (Wildman–Crippen LogP) is 3.23. The second-order valence-corrected chi connectivity index (χ2v) is 9.88. The first kappa shape index (κ1) is 23.8. The molecule has 2 amide bonds. The Balaban J connectivity index is 1.72. The second-order valence-electron chi connectivity index (χ2n) is 7.91. The summed E-state index contributed by atoms with van der Waals surface area (Å²) in [7, 11) is -2.30. The lowest BCUT2D eigenvalue weighted by molar-refractivity contribution is -0.136. The van der Waals surface area contributed by atoms with Gasteiger partial charge in [-0.05, 0) is 57.0 Å². The monoisotopic (exact) mass is 457 g/mol. The molecule has 0 aliphatic carbocycles. The van der Waals surface area contributed by atoms with Crippen molar-refractivity contribution in [3.8, 4) is 0 Å². The lowest BCUT2D eigenvalue weighted by Gasteiger charge is -2.33. The van der Waals surface area contributed by atoms with Crippen LogP contribution in [0.4, 0.5) is 5.69 Å². The summed E-state index contributed by atoms with van der Waals surface area (Å²) in [5, 5.41) is 0. The molecule has 1 heterocycles. The zero-order chi connectivity index (χ0) is 23.3. The van der Waals surface area contributed by atoms with Gasteiger partial charge < -0.3 is 9.80 Å². The van der Waals surface area contributed by atoms with Gasteiger partial charge in [-0.2, -0.15) is 0 Å². The molecule has 7 nitrogen and oxygen atoms in total. The minimum absolute atomic E-state index is 0.0646. The third-order valence-corrected chi connectivity index (χ3v) is 7.85. The van der Waals surface area contributed by atoms with Crippen molar-refractivity contribution in [1.82, 2.24) is 9.80 Å². The van der Waals surface area contributed by atoms with E-state index < -0.39 is 10.0 Å². The highest BCUT2D eigenvalue weighted by atomic mass is 32.2. The van der Waals surface area contributed by atoms with Gasteiger partial charge in [-0.1, -0.05) is 24.3 Å². The summed E-state index contributed by atoms with van der Waals surface area (Å²) in [6.07, 6.45) is 1.24. The number of carbonyl (C=O) groups is 2. The van der Waals surface area contributed by atoms with Crippen LogP contribution in [0.25, 0.3) is 0 Å². The van der Waals surface area contributed by atoms with Crippen LogP contribution in [0.5, 0.6) is 0 Å². The van der Waals surface area contributed by atoms with Crippen LogP contribution in [0.2, 0.25) is 0 Å². The summed E-state index contributed by atoms with van der Waals surface area (Å²) in [5.74, 6) is -0.123. The van der Waals surface area contributed by atoms with E-state index in [9.17, 15) is 18.0 Å². The summed E-state index contributed by atoms with van der Waals surface area (Å²) in [6, 6.07) is 15.0. The molecule has 0 bridgehead atoms. The molecule has 3 rings (SSSR count). The van der Waals surface area contributed by atoms with Crippen molar-refractivity contribution in [3.05, 3.63) is 60.2 Å². The number of para-hydroxylation sites is 1. The van der Waals surface area contributed by atoms with Gasteiger partial charge in [0.2, 0.25) is 5.91 Å². The Bertz CT molecular complexity index is 1040. The second kappa shape index (κ2) is 10.2. The molecule has 0 spiro atoms. The first-order chi connectivity index (χ1) is 15.3. The number of sulfonamides is 1. The molecule has 1 aliphatic rings. The smallest absolute Gasteiger partial charge is 0.264 e. The molecule has 0 saturated carbocycles. The van der Waals surface area contributed by atoms with Crippen LogP contribution < -0.4 is 4.31 Å². The van der Waals surface area contributed by atoms with E-state index >= 15 is 0 Å². The number of amides is 2. The van der Waals surface area contributed by atoms with Crippen molar-refractivity contribution in [2.75, 3.05) is 37.5 Å². The topological polar surface area (TPSA) is 78.0 Å². The van der Waals surface area contributed by atoms with Gasteiger partial charge in [0.15, 0.2) is 0 Å². The highest BCUT2D eigenvalue weighted by Crippen LogP contribution is 2.25. The first-order valence-electron chi connectivity index (χ1n) is 11.0. The number of anilines is 1. The van der Waals surface area contributed by atoms with Gasteiger partial charge in [0.05, 0.1) is 10.6 Å². The van der Waals surface area contributed by atoms with E-state index in [4.69, 9.17) is 0 Å². The van der Waals surface area contributed by atoms with Crippen LogP contribution in [-0.2, 0) is 14.8 Å². The van der Waals surface area contributed by atoms with E-state index in [1.807, 2.05) is 24.8 Å². The lowest BCUT2D eigenvalue weighted by Crippen LogP contribution is -2.44. The average Bonchev–Trinajstić information content (AvgIpc) is 2.84. The van der Waals surface area contributed by atoms with Crippen LogP contribution >= 0.6 is 0 Å². The van der Waals surface area contributed by atoms with Crippen LogP contribution in [0.1, 0.15) is 37.0 Å². The number of likely N-dealkylation sites (tertiary alicyclic amines) is 1. The molecule has 0 atom stereocenters. The van der Waals surface area contributed by atoms with Gasteiger partial charge in [0.1, 0.15) is 0 Å². The van der Waals surface area contributed by atoms with Gasteiger partial charge in [0, 0.05) is 44.7 Å². The molecule has 1 aliphatic heterocycles. The highest BCUT2D eigenvalue weighted by Gasteiger charge is 2.30. The van der Waals surface area contributed by atoms with Crippen molar-refractivity contribution in [2.45, 2.75) is 31.6 Å². The third kappa shape index (κ3) is 4.96. The Morgan fingerprint density at radius 1 is 0.969 bits per heavy atom. The van der Waals surface area contributed by atoms with Crippen molar-refractivity contribution in [1.29, 1.82) is 0 Å². The summed E-state index contributed by atoms with van der Waals surface area (Å²) in [6.45, 7) is 6.28. The maximum atomic E-state index is 13.1. The zero-order valence-corrected chi connectivity index (χ0v) is 19.7. The van der Waals surface area contributed by atoms with Gasteiger partial charge >= 0.3 is 0 Å². The number of hydrogen-bond acceptors (Lipinski definition) is 4. The summed E-state index contributed by atoms with van der Waals surface area (Å²) >= 11 is 0. The van der Waals surface area contributed by atoms with Crippen molar-refractivity contribution in [3.63, 3.8) is 0 Å². The minimum atomic E-state index is -3.80. The number of nitrogens with zero attached hydrogens (tertiary/aromatic N) is 3. The Morgan fingerprint density at radius 2 is 1.59 bits per heavy atom. The molecule has 172 valence electrons. The van der Waals surface area contributed by atoms with Crippen molar-refractivity contribution in [2.24, 2.45) is 5.92 Å². The van der Waals surface area contributed by atoms with Crippen molar-refractivity contribution >= 4 is 27.5 Å². The van der Waals surface area contributed by atoms with Crippen LogP contribution in [-0.4, -0.2) is 63.3 Å². The highest BCUT2D eigenvalue weighted by molar-refractivity contribution is 7.92. The quantitative estimate of drug-likeness (QED) is 0.640. The molecular weight excluding hydrogens is 426 g/mol. The van der Waals surface area contributed by atoms with Crippen LogP contribution in [0.3, 0.4) is 0 Å². The number of hydrogen-bond donors (Lipinski definition) is 0. The van der Waals surface area contributed by atoms with Gasteiger partial charge in [-0.25, -0.2) is 8.42 Å². The largest absolute Gasteiger partial charge is 0.343 e. The Morgan fingerprint density at radius 3 is 2.19 bits per heavy atom. The molecule has 1 fully saturated rings. The van der Waals surface area contributed by atoms with Gasteiger partial charge in [0.25, 0.3) is 15.9 Å². The number of benzene rings is 2. The molecule has 8 heteroatoms. The maximum Gasteiger partial charge on any atom is 0.264 e. The molecule has 32 heavy (non-hydrogen) atoms. The fourth-order valence-electron chi connectivity index (χ4n) is 4.03.